The molecule has 0 spiro atoms. The van der Waals surface area contributed by atoms with Gasteiger partial charge in [-0.2, -0.15) is 34.7 Å². The normalized spacial score (nSPS) is 32.0. The van der Waals surface area contributed by atoms with Crippen molar-refractivity contribution in [2.45, 2.75) is 189 Å². The predicted octanol–water partition coefficient (Wildman–Crippen LogP) is -3.69. The Kier molecular flexibility index (Phi) is 31.8. The van der Waals surface area contributed by atoms with E-state index in [2.05, 4.69) is 88.3 Å². The molecular weight excluding hydrogens is 1620 g/mol. The molecule has 10 heterocycles. The average Bonchev–Trinajstić information content (AvgIpc) is 1.65. The van der Waals surface area contributed by atoms with Crippen LogP contribution in [0.4, 0.5) is 55.6 Å². The SMILES string of the molecule is C[C@H](O)[C@H]1O[C@@H](n2cc(F)c(N)nc2=O)C(Cl)(C#CCF)[C@H]1O.C[C@H](O)[C@H]1O[C@@H](n2ccc(N)nc2=O)C(Cl)(C#CCF)[C@H]1O.C[C@H](O)[C@H]1O[C@@H](n2cnc(N)nc2=O)C(Cl)(C#CCF)[C@H]1O.C[C@H](O)[C@H]1O[C@@H](n2ncc(N)nc2=O)C(Cl)(C#CCF)[C@H]1O.Cc1cc(N)nc(=O)n1[C@@H]1O[C@H]([C@H](C)O)[C@H](O)C1(Cl)C#CCF. The number of aliphatic hydroxyl groups is 10. The number of nitrogens with zero attached hydrogens (tertiary/aromatic N) is 12. The fourth-order valence-corrected chi connectivity index (χ4v) is 13.1. The summed E-state index contributed by atoms with van der Waals surface area (Å²) in [6.45, 7) is 3.39. The van der Waals surface area contributed by atoms with Crippen molar-refractivity contribution >= 4 is 87.2 Å². The maximum atomic E-state index is 13.6. The van der Waals surface area contributed by atoms with Crippen LogP contribution in [0.25, 0.3) is 0 Å². The molecule has 20 N–H and O–H groups in total. The molecule has 10 rings (SSSR count). The first-order valence-electron chi connectivity index (χ1n) is 32.4. The van der Waals surface area contributed by atoms with Crippen molar-refractivity contribution in [2.24, 2.45) is 0 Å². The minimum atomic E-state index is -1.98. The Hall–Kier alpha value is -8.51. The number of nitrogen functional groups attached to an aromatic ring is 5. The Bertz CT molecular complexity index is 4540. The van der Waals surface area contributed by atoms with E-state index < -0.39 is 221 Å². The maximum absolute atomic E-state index is 13.6. The van der Waals surface area contributed by atoms with Crippen molar-refractivity contribution in [3.63, 3.8) is 0 Å². The number of anilines is 5. The van der Waals surface area contributed by atoms with Crippen LogP contribution < -0.4 is 57.1 Å². The predicted molar refractivity (Wildman–Crippen MR) is 384 cm³/mol. The molecule has 5 fully saturated rings. The summed E-state index contributed by atoms with van der Waals surface area (Å²) in [5, 5.41) is 104. The van der Waals surface area contributed by atoms with Gasteiger partial charge in [-0.1, -0.05) is 117 Å². The number of aryl methyl sites for hydroxylation is 1. The molecule has 0 saturated carbocycles. The largest absolute Gasteiger partial charge is 0.391 e. The van der Waals surface area contributed by atoms with Crippen LogP contribution in [0.3, 0.4) is 0 Å². The summed E-state index contributed by atoms with van der Waals surface area (Å²) in [5.41, 5.74) is 22.9. The number of rotatable bonds is 10. The number of halogens is 11. The summed E-state index contributed by atoms with van der Waals surface area (Å²) in [7, 11) is 0. The van der Waals surface area contributed by atoms with Gasteiger partial charge < -0.3 is 103 Å². The van der Waals surface area contributed by atoms with Gasteiger partial charge in [0, 0.05) is 11.9 Å². The lowest BCUT2D eigenvalue weighted by Gasteiger charge is -2.27. The number of hydrogen-bond donors (Lipinski definition) is 15. The number of aliphatic hydroxyl groups excluding tert-OH is 10. The van der Waals surface area contributed by atoms with E-state index in [1.807, 2.05) is 5.92 Å². The van der Waals surface area contributed by atoms with Crippen LogP contribution in [0, 0.1) is 71.9 Å². The van der Waals surface area contributed by atoms with Crippen molar-refractivity contribution in [3.8, 4) is 59.2 Å². The highest BCUT2D eigenvalue weighted by Crippen LogP contribution is 2.48. The van der Waals surface area contributed by atoms with Gasteiger partial charge in [-0.15, -0.1) is 0 Å². The third kappa shape index (κ3) is 19.8. The summed E-state index contributed by atoms with van der Waals surface area (Å²) >= 11 is 31.5. The van der Waals surface area contributed by atoms with Crippen LogP contribution in [0.5, 0.6) is 0 Å². The summed E-state index contributed by atoms with van der Waals surface area (Å²) < 4.78 is 107. The van der Waals surface area contributed by atoms with Gasteiger partial charge >= 0.3 is 28.4 Å². The zero-order chi connectivity index (χ0) is 84.2. The molecule has 48 heteroatoms. The number of alkyl halides is 10. The molecule has 25 atom stereocenters. The number of nitrogens with two attached hydrogens (primary N) is 5. The minimum Gasteiger partial charge on any atom is -0.391 e. The van der Waals surface area contributed by atoms with Gasteiger partial charge in [-0.25, -0.2) is 55.3 Å². The topological polar surface area (TPSA) is 579 Å². The molecule has 112 heavy (non-hydrogen) atoms. The monoisotopic (exact) mass is 1690 g/mol. The van der Waals surface area contributed by atoms with Gasteiger partial charge in [0.15, 0.2) is 67.1 Å². The first kappa shape index (κ1) is 92.4. The molecule has 612 valence electrons. The summed E-state index contributed by atoms with van der Waals surface area (Å²) in [6, 6.07) is 2.76. The number of aromatic nitrogens is 12. The lowest BCUT2D eigenvalue weighted by atomic mass is 9.96. The molecule has 5 aromatic heterocycles. The van der Waals surface area contributed by atoms with Crippen LogP contribution in [0.15, 0.2) is 61.0 Å². The molecule has 37 nitrogen and oxygen atoms in total. The second kappa shape index (κ2) is 38.5. The fraction of sp³-hybridized carbons (Fsp3) is 0.562. The highest BCUT2D eigenvalue weighted by molar-refractivity contribution is 6.28. The van der Waals surface area contributed by atoms with E-state index in [-0.39, 0.29) is 23.4 Å². The molecule has 0 amide bonds. The smallest absolute Gasteiger partial charge is 0.368 e. The Morgan fingerprint density at radius 2 is 0.795 bits per heavy atom. The summed E-state index contributed by atoms with van der Waals surface area (Å²) in [6.07, 6.45) is -21.3. The number of hydrogen-bond acceptors (Lipinski definition) is 32. The molecule has 5 aliphatic rings. The summed E-state index contributed by atoms with van der Waals surface area (Å²) in [4.78, 5) is 71.4. The first-order valence-corrected chi connectivity index (χ1v) is 34.2. The van der Waals surface area contributed by atoms with Crippen LogP contribution in [-0.2, 0) is 23.7 Å². The van der Waals surface area contributed by atoms with Gasteiger partial charge in [0.05, 0.1) is 42.9 Å². The van der Waals surface area contributed by atoms with E-state index >= 15 is 0 Å². The highest BCUT2D eigenvalue weighted by Gasteiger charge is 2.62. The molecule has 5 saturated heterocycles. The third-order valence-electron chi connectivity index (χ3n) is 16.7. The average molecular weight is 1690 g/mol. The van der Waals surface area contributed by atoms with Crippen LogP contribution in [0.1, 0.15) is 71.5 Å². The van der Waals surface area contributed by atoms with E-state index in [1.54, 1.807) is 6.92 Å². The van der Waals surface area contributed by atoms with Gasteiger partial charge in [-0.3, -0.25) is 18.3 Å². The van der Waals surface area contributed by atoms with Gasteiger partial charge in [0.2, 0.25) is 5.95 Å². The molecular formula is C64H74Cl5F6N17O20. The quantitative estimate of drug-likeness (QED) is 0.0364. The Morgan fingerprint density at radius 3 is 1.16 bits per heavy atom. The highest BCUT2D eigenvalue weighted by atomic mass is 35.5. The molecule has 0 radical (unpaired) electrons. The van der Waals surface area contributed by atoms with E-state index in [0.29, 0.717) is 16.5 Å². The molecule has 5 aliphatic heterocycles. The third-order valence-corrected chi connectivity index (χ3v) is 19.2. The van der Waals surface area contributed by atoms with E-state index in [1.165, 1.54) is 52.9 Å². The Morgan fingerprint density at radius 1 is 0.464 bits per heavy atom. The maximum Gasteiger partial charge on any atom is 0.368 e. The van der Waals surface area contributed by atoms with E-state index in [0.717, 1.165) is 30.9 Å². The molecule has 0 bridgehead atoms. The summed E-state index contributed by atoms with van der Waals surface area (Å²) in [5.74, 6) is 20.2. The van der Waals surface area contributed by atoms with Crippen molar-refractivity contribution in [1.82, 2.24) is 58.0 Å². The zero-order valence-electron chi connectivity index (χ0n) is 59.0. The van der Waals surface area contributed by atoms with E-state index in [9.17, 15) is 101 Å². The lowest BCUT2D eigenvalue weighted by molar-refractivity contribution is -0.0809. The second-order valence-electron chi connectivity index (χ2n) is 24.7. The molecule has 5 aromatic rings. The van der Waals surface area contributed by atoms with Crippen molar-refractivity contribution < 1.29 is 101 Å². The van der Waals surface area contributed by atoms with Gasteiger partial charge in [-0.05, 0) is 53.7 Å². The zero-order valence-corrected chi connectivity index (χ0v) is 62.8. The van der Waals surface area contributed by atoms with E-state index in [4.69, 9.17) is 110 Å². The standard InChI is InChI=1S/C14H17ClFN3O4.C13H14ClF2N3O4.C13H15ClFN3O4.2C12H14ClFN4O4/c1-7-6-9(17)18-13(22)19(7)12-14(15,4-3-5-16)11(21)10(23-12)8(2)20;1-6(20)8-9(21)13(14,3-2-4-15)11(23-8)19-5-7(16)10(17)18-12(19)22;1-7(19)9-10(20)13(14,4-2-5-15)11(22-9)18-6-3-8(16)17-12(18)21;1-6(19)7-8(20)12(13,3-2-4-14)9(22-7)18-5-16-10(15)17-11(18)21;1-6(19)8-9(20)12(13,3-2-4-14)10(22-8)18-11(21)17-7(15)5-16-18/h6,8,10-12,20-21H,5H2,1-2H3,(H2,17,18,22);5-6,8-9,11,20-21H,4H2,1H3,(H2,17,18,22);3,6-7,9-11,19-20H,5H2,1H3,(H2,16,17,21);5-9,19-20H,4H2,1H3,(H2,15,17,21);5-6,8-10,19-20H,4H2,1H3,(H2,15,17,21)/t8-,10+,11-,12+,14?;6-,8+,9-,11+,13?;7-,9+,10-,11+,13?;6-,7+,8-,9+,12?;6-,8+,9-,10+,12?/m00000/s1. The lowest BCUT2D eigenvalue weighted by Crippen LogP contribution is -2.45. The molecule has 0 aliphatic carbocycles. The minimum absolute atomic E-state index is 0.00175. The molecule has 0 aromatic carbocycles. The van der Waals surface area contributed by atoms with Crippen molar-refractivity contribution in [1.29, 1.82) is 0 Å². The van der Waals surface area contributed by atoms with Gasteiger partial charge in [0.25, 0.3) is 0 Å². The van der Waals surface area contributed by atoms with Crippen molar-refractivity contribution in [2.75, 3.05) is 62.0 Å². The first-order chi connectivity index (χ1) is 52.4. The van der Waals surface area contributed by atoms with Crippen LogP contribution in [-0.4, -0.2) is 258 Å². The Balaban J connectivity index is 0.000000218. The Labute approximate surface area is 654 Å². The van der Waals surface area contributed by atoms with Gasteiger partial charge in [0.1, 0.15) is 118 Å². The van der Waals surface area contributed by atoms with Crippen LogP contribution >= 0.6 is 58.0 Å². The van der Waals surface area contributed by atoms with Crippen molar-refractivity contribution in [3.05, 3.63) is 101 Å². The fourth-order valence-electron chi connectivity index (χ4n) is 11.4. The second-order valence-corrected chi connectivity index (χ2v) is 27.8. The molecule has 5 unspecified atom stereocenters. The van der Waals surface area contributed by atoms with Crippen LogP contribution in [0.2, 0.25) is 0 Å². The number of ether oxygens (including phenoxy) is 5.